The minimum atomic E-state index is -1.21. The molecule has 5 rings (SSSR count). The number of amides is 5. The summed E-state index contributed by atoms with van der Waals surface area (Å²) in [6.45, 7) is 4.62. The highest BCUT2D eigenvalue weighted by Crippen LogP contribution is 2.33. The molecule has 0 radical (unpaired) electrons. The average Bonchev–Trinajstić information content (AvgIpc) is 3.58. The standard InChI is InChI=1S/C25H28N4O5/c1-16(21(30)27-10-12-28(13-11-27)22(31)20-7-4-14-34-20)29-23(32)25(2,26-24(29)33)19-9-8-17-5-3-6-18(17)15-19/h4,7-9,14-16H,3,5-6,10-13H2,1-2H3,(H,26,33)/t16-,25-/m1/s1. The maximum absolute atomic E-state index is 13.4. The SMILES string of the molecule is C[C@H](C(=O)N1CCN(C(=O)c2ccco2)CC1)N1C(=O)N[C@](C)(c2ccc3c(c2)CCC3)C1=O. The second-order valence-electron chi connectivity index (χ2n) is 9.34. The van der Waals surface area contributed by atoms with Gasteiger partial charge in [-0.2, -0.15) is 0 Å². The lowest BCUT2D eigenvalue weighted by molar-refractivity contribution is -0.143. The molecule has 1 aliphatic carbocycles. The number of nitrogens with one attached hydrogen (secondary N) is 1. The molecule has 1 N–H and O–H groups in total. The highest BCUT2D eigenvalue weighted by molar-refractivity contribution is 6.10. The first kappa shape index (κ1) is 22.2. The fraction of sp³-hybridized carbons (Fsp3) is 0.440. The van der Waals surface area contributed by atoms with Crippen LogP contribution in [0.4, 0.5) is 4.79 Å². The van der Waals surface area contributed by atoms with Gasteiger partial charge in [0.2, 0.25) is 5.91 Å². The summed E-state index contributed by atoms with van der Waals surface area (Å²) in [5.41, 5.74) is 2.02. The summed E-state index contributed by atoms with van der Waals surface area (Å²) in [6, 6.07) is 7.68. The Hall–Kier alpha value is -3.62. The molecule has 2 atom stereocenters. The number of furan rings is 1. The predicted molar refractivity (Wildman–Crippen MR) is 122 cm³/mol. The van der Waals surface area contributed by atoms with Gasteiger partial charge in [-0.05, 0) is 61.9 Å². The number of nitrogens with zero attached hydrogens (tertiary/aromatic N) is 3. The van der Waals surface area contributed by atoms with Crippen LogP contribution >= 0.6 is 0 Å². The molecule has 1 aromatic heterocycles. The van der Waals surface area contributed by atoms with Crippen LogP contribution in [0.5, 0.6) is 0 Å². The van der Waals surface area contributed by atoms with E-state index < -0.39 is 23.5 Å². The van der Waals surface area contributed by atoms with Crippen molar-refractivity contribution in [3.05, 3.63) is 59.0 Å². The molecule has 0 saturated carbocycles. The number of benzene rings is 1. The molecule has 2 saturated heterocycles. The van der Waals surface area contributed by atoms with E-state index in [0.29, 0.717) is 26.2 Å². The smallest absolute Gasteiger partial charge is 0.326 e. The summed E-state index contributed by atoms with van der Waals surface area (Å²) in [4.78, 5) is 56.3. The Labute approximate surface area is 197 Å². The molecule has 2 aliphatic heterocycles. The van der Waals surface area contributed by atoms with Crippen molar-refractivity contribution >= 4 is 23.8 Å². The maximum atomic E-state index is 13.4. The minimum Gasteiger partial charge on any atom is -0.459 e. The third kappa shape index (κ3) is 3.55. The van der Waals surface area contributed by atoms with E-state index in [4.69, 9.17) is 4.42 Å². The summed E-state index contributed by atoms with van der Waals surface area (Å²) >= 11 is 0. The third-order valence-electron chi connectivity index (χ3n) is 7.25. The Kier molecular flexibility index (Phi) is 5.42. The van der Waals surface area contributed by atoms with Crippen LogP contribution in [0.15, 0.2) is 41.0 Å². The summed E-state index contributed by atoms with van der Waals surface area (Å²) < 4.78 is 5.17. The predicted octanol–water partition coefficient (Wildman–Crippen LogP) is 1.91. The number of carbonyl (C=O) groups excluding carboxylic acids is 4. The van der Waals surface area contributed by atoms with E-state index in [2.05, 4.69) is 5.32 Å². The summed E-state index contributed by atoms with van der Waals surface area (Å²) in [5.74, 6) is -0.697. The van der Waals surface area contributed by atoms with Gasteiger partial charge in [-0.3, -0.25) is 14.4 Å². The zero-order valence-electron chi connectivity index (χ0n) is 19.4. The van der Waals surface area contributed by atoms with Crippen molar-refractivity contribution in [2.45, 2.75) is 44.7 Å². The number of rotatable bonds is 4. The van der Waals surface area contributed by atoms with Gasteiger partial charge in [-0.1, -0.05) is 18.2 Å². The number of aryl methyl sites for hydroxylation is 2. The molecule has 3 heterocycles. The molecule has 178 valence electrons. The van der Waals surface area contributed by atoms with Crippen LogP contribution in [0.3, 0.4) is 0 Å². The summed E-state index contributed by atoms with van der Waals surface area (Å²) in [6.07, 6.45) is 4.54. The van der Waals surface area contributed by atoms with Crippen LogP contribution in [-0.2, 0) is 28.0 Å². The van der Waals surface area contributed by atoms with Crippen LogP contribution in [0.25, 0.3) is 0 Å². The van der Waals surface area contributed by atoms with Crippen molar-refractivity contribution in [3.63, 3.8) is 0 Å². The van der Waals surface area contributed by atoms with E-state index in [9.17, 15) is 19.2 Å². The molecule has 1 aromatic carbocycles. The molecular formula is C25H28N4O5. The van der Waals surface area contributed by atoms with Gasteiger partial charge in [0.05, 0.1) is 6.26 Å². The Morgan fingerprint density at radius 2 is 1.74 bits per heavy atom. The van der Waals surface area contributed by atoms with E-state index in [1.807, 2.05) is 18.2 Å². The van der Waals surface area contributed by atoms with Crippen LogP contribution in [0, 0.1) is 0 Å². The normalized spacial score (nSPS) is 23.2. The first-order valence-corrected chi connectivity index (χ1v) is 11.7. The van der Waals surface area contributed by atoms with Gasteiger partial charge in [0.25, 0.3) is 11.8 Å². The first-order valence-electron chi connectivity index (χ1n) is 11.7. The largest absolute Gasteiger partial charge is 0.459 e. The van der Waals surface area contributed by atoms with E-state index in [0.717, 1.165) is 29.7 Å². The monoisotopic (exact) mass is 464 g/mol. The van der Waals surface area contributed by atoms with E-state index >= 15 is 0 Å². The summed E-state index contributed by atoms with van der Waals surface area (Å²) in [5, 5.41) is 2.82. The number of fused-ring (bicyclic) bond motifs is 1. The second kappa shape index (κ2) is 8.30. The molecule has 9 heteroatoms. The topological polar surface area (TPSA) is 103 Å². The Bertz CT molecular complexity index is 1150. The van der Waals surface area contributed by atoms with Crippen molar-refractivity contribution in [3.8, 4) is 0 Å². The molecule has 2 fully saturated rings. The minimum absolute atomic E-state index is 0.218. The van der Waals surface area contributed by atoms with Gasteiger partial charge in [0.15, 0.2) is 5.76 Å². The quantitative estimate of drug-likeness (QED) is 0.697. The Morgan fingerprint density at radius 3 is 2.44 bits per heavy atom. The molecule has 34 heavy (non-hydrogen) atoms. The Balaban J connectivity index is 1.27. The molecular weight excluding hydrogens is 436 g/mol. The first-order chi connectivity index (χ1) is 16.3. The van der Waals surface area contributed by atoms with E-state index in [1.165, 1.54) is 17.4 Å². The highest BCUT2D eigenvalue weighted by Gasteiger charge is 2.52. The highest BCUT2D eigenvalue weighted by atomic mass is 16.3. The fourth-order valence-corrected chi connectivity index (χ4v) is 5.15. The number of piperazine rings is 1. The van der Waals surface area contributed by atoms with Crippen molar-refractivity contribution in [1.82, 2.24) is 20.0 Å². The number of imide groups is 1. The number of carbonyl (C=O) groups is 4. The van der Waals surface area contributed by atoms with Crippen LogP contribution < -0.4 is 5.32 Å². The fourth-order valence-electron chi connectivity index (χ4n) is 5.15. The molecule has 0 unspecified atom stereocenters. The van der Waals surface area contributed by atoms with Gasteiger partial charge in [-0.15, -0.1) is 0 Å². The van der Waals surface area contributed by atoms with Crippen molar-refractivity contribution in [2.75, 3.05) is 26.2 Å². The van der Waals surface area contributed by atoms with Crippen molar-refractivity contribution in [2.24, 2.45) is 0 Å². The zero-order chi connectivity index (χ0) is 24.0. The lowest BCUT2D eigenvalue weighted by Gasteiger charge is -2.36. The number of urea groups is 1. The number of hydrogen-bond acceptors (Lipinski definition) is 5. The van der Waals surface area contributed by atoms with Gasteiger partial charge in [0.1, 0.15) is 11.6 Å². The molecule has 9 nitrogen and oxygen atoms in total. The summed E-state index contributed by atoms with van der Waals surface area (Å²) in [7, 11) is 0. The lowest BCUT2D eigenvalue weighted by atomic mass is 9.89. The number of hydrogen-bond donors (Lipinski definition) is 1. The third-order valence-corrected chi connectivity index (χ3v) is 7.25. The molecule has 0 spiro atoms. The van der Waals surface area contributed by atoms with Gasteiger partial charge < -0.3 is 19.5 Å². The van der Waals surface area contributed by atoms with Crippen LogP contribution in [-0.4, -0.2) is 70.7 Å². The van der Waals surface area contributed by atoms with E-state index in [1.54, 1.807) is 35.8 Å². The Morgan fingerprint density at radius 1 is 1.03 bits per heavy atom. The zero-order valence-corrected chi connectivity index (χ0v) is 19.4. The lowest BCUT2D eigenvalue weighted by Crippen LogP contribution is -2.56. The van der Waals surface area contributed by atoms with Crippen LogP contribution in [0.2, 0.25) is 0 Å². The average molecular weight is 465 g/mol. The van der Waals surface area contributed by atoms with Crippen molar-refractivity contribution < 1.29 is 23.6 Å². The van der Waals surface area contributed by atoms with Gasteiger partial charge >= 0.3 is 6.03 Å². The van der Waals surface area contributed by atoms with Crippen LogP contribution in [0.1, 0.15) is 47.5 Å². The second-order valence-corrected chi connectivity index (χ2v) is 9.34. The maximum Gasteiger partial charge on any atom is 0.326 e. The molecule has 2 aromatic rings. The van der Waals surface area contributed by atoms with Crippen molar-refractivity contribution in [1.29, 1.82) is 0 Å². The molecule has 5 amide bonds. The molecule has 0 bridgehead atoms. The van der Waals surface area contributed by atoms with E-state index in [-0.39, 0.29) is 17.6 Å². The van der Waals surface area contributed by atoms with Gasteiger partial charge in [0, 0.05) is 26.2 Å². The molecule has 3 aliphatic rings. The van der Waals surface area contributed by atoms with Gasteiger partial charge in [-0.25, -0.2) is 9.69 Å².